The molecular formula is C21H20ClN5O. The van der Waals surface area contributed by atoms with E-state index in [2.05, 4.69) is 20.4 Å². The van der Waals surface area contributed by atoms with Crippen LogP contribution in [0.5, 0.6) is 0 Å². The van der Waals surface area contributed by atoms with Crippen molar-refractivity contribution in [3.05, 3.63) is 92.1 Å². The summed E-state index contributed by atoms with van der Waals surface area (Å²) in [4.78, 5) is 21.9. The highest BCUT2D eigenvalue weighted by Gasteiger charge is 2.14. The van der Waals surface area contributed by atoms with E-state index in [-0.39, 0.29) is 5.56 Å². The maximum absolute atomic E-state index is 13.0. The van der Waals surface area contributed by atoms with Crippen molar-refractivity contribution in [1.82, 2.24) is 19.6 Å². The molecule has 0 unspecified atom stereocenters. The van der Waals surface area contributed by atoms with Crippen LogP contribution < -0.4 is 10.9 Å². The number of nitrogens with zero attached hydrogens (tertiary/aromatic N) is 3. The summed E-state index contributed by atoms with van der Waals surface area (Å²) in [6.07, 6.45) is 0.535. The van der Waals surface area contributed by atoms with Crippen LogP contribution in [0, 0.1) is 13.8 Å². The quantitative estimate of drug-likeness (QED) is 0.539. The topological polar surface area (TPSA) is 75.1 Å². The van der Waals surface area contributed by atoms with Gasteiger partial charge in [-0.05, 0) is 31.5 Å². The molecule has 7 heteroatoms. The van der Waals surface area contributed by atoms with E-state index in [1.165, 1.54) is 10.1 Å². The molecule has 0 bridgehead atoms. The lowest BCUT2D eigenvalue weighted by Gasteiger charge is -2.06. The number of hydrogen-bond donors (Lipinski definition) is 2. The second-order valence-electron chi connectivity index (χ2n) is 6.78. The Hall–Kier alpha value is -3.12. The summed E-state index contributed by atoms with van der Waals surface area (Å²) in [6.45, 7) is 4.29. The minimum Gasteiger partial charge on any atom is -0.377 e. The molecule has 6 nitrogen and oxygen atoms in total. The number of aromatic amines is 1. The van der Waals surface area contributed by atoms with E-state index in [0.717, 1.165) is 11.3 Å². The first-order chi connectivity index (χ1) is 13.5. The Labute approximate surface area is 167 Å². The van der Waals surface area contributed by atoms with Gasteiger partial charge in [0.25, 0.3) is 11.3 Å². The number of hydrogen-bond acceptors (Lipinski definition) is 4. The fourth-order valence-corrected chi connectivity index (χ4v) is 3.28. The number of nitrogens with one attached hydrogen (secondary N) is 2. The van der Waals surface area contributed by atoms with Crippen LogP contribution in [0.1, 0.15) is 28.2 Å². The van der Waals surface area contributed by atoms with E-state index in [1.54, 1.807) is 0 Å². The Morgan fingerprint density at radius 2 is 1.82 bits per heavy atom. The van der Waals surface area contributed by atoms with Crippen LogP contribution in [0.25, 0.3) is 5.78 Å². The maximum atomic E-state index is 13.0. The number of aromatic nitrogens is 4. The third-order valence-corrected chi connectivity index (χ3v) is 4.99. The molecule has 0 aliphatic rings. The van der Waals surface area contributed by atoms with Gasteiger partial charge in [-0.3, -0.25) is 9.89 Å². The van der Waals surface area contributed by atoms with Crippen molar-refractivity contribution in [2.24, 2.45) is 0 Å². The zero-order valence-corrected chi connectivity index (χ0v) is 16.4. The minimum absolute atomic E-state index is 0.125. The van der Waals surface area contributed by atoms with Gasteiger partial charge >= 0.3 is 0 Å². The van der Waals surface area contributed by atoms with Crippen LogP contribution in [0.2, 0.25) is 5.02 Å². The number of benzene rings is 2. The predicted molar refractivity (Wildman–Crippen MR) is 111 cm³/mol. The Morgan fingerprint density at radius 1 is 1.07 bits per heavy atom. The molecule has 28 heavy (non-hydrogen) atoms. The third kappa shape index (κ3) is 3.64. The molecule has 0 atom stereocenters. The zero-order valence-electron chi connectivity index (χ0n) is 15.7. The monoisotopic (exact) mass is 393 g/mol. The maximum Gasteiger partial charge on any atom is 0.277 e. The Morgan fingerprint density at radius 3 is 2.57 bits per heavy atom. The van der Waals surface area contributed by atoms with Gasteiger partial charge in [-0.15, -0.1) is 0 Å². The van der Waals surface area contributed by atoms with Crippen LogP contribution in [0.4, 0.5) is 5.69 Å². The molecule has 4 rings (SSSR count). The highest BCUT2D eigenvalue weighted by atomic mass is 35.5. The molecule has 0 amide bonds. The molecule has 4 aromatic rings. The molecule has 0 aliphatic heterocycles. The fourth-order valence-electron chi connectivity index (χ4n) is 3.07. The van der Waals surface area contributed by atoms with Gasteiger partial charge in [0.05, 0.1) is 22.9 Å². The van der Waals surface area contributed by atoms with Gasteiger partial charge < -0.3 is 5.32 Å². The molecule has 0 aliphatic carbocycles. The van der Waals surface area contributed by atoms with E-state index >= 15 is 0 Å². The smallest absolute Gasteiger partial charge is 0.277 e. The van der Waals surface area contributed by atoms with Gasteiger partial charge in [0, 0.05) is 12.0 Å². The van der Waals surface area contributed by atoms with Gasteiger partial charge in [-0.2, -0.15) is 9.50 Å². The summed E-state index contributed by atoms with van der Waals surface area (Å²) in [5, 5.41) is 6.89. The van der Waals surface area contributed by atoms with Crippen LogP contribution in [-0.4, -0.2) is 19.6 Å². The average Bonchev–Trinajstić information content (AvgIpc) is 3.09. The van der Waals surface area contributed by atoms with Crippen LogP contribution in [-0.2, 0) is 13.0 Å². The molecule has 2 N–H and O–H groups in total. The lowest BCUT2D eigenvalue weighted by atomic mass is 10.0. The van der Waals surface area contributed by atoms with Crippen LogP contribution >= 0.6 is 11.6 Å². The summed E-state index contributed by atoms with van der Waals surface area (Å²) < 4.78 is 1.40. The number of halogens is 1. The van der Waals surface area contributed by atoms with Gasteiger partial charge in [0.15, 0.2) is 0 Å². The fraction of sp³-hybridized carbons (Fsp3) is 0.190. The van der Waals surface area contributed by atoms with Crippen molar-refractivity contribution in [3.63, 3.8) is 0 Å². The second-order valence-corrected chi connectivity index (χ2v) is 7.19. The molecule has 2 aromatic carbocycles. The van der Waals surface area contributed by atoms with Gasteiger partial charge in [-0.25, -0.2) is 4.98 Å². The molecule has 2 aromatic heterocycles. The van der Waals surface area contributed by atoms with E-state index in [9.17, 15) is 4.79 Å². The van der Waals surface area contributed by atoms with E-state index < -0.39 is 0 Å². The predicted octanol–water partition coefficient (Wildman–Crippen LogP) is 3.89. The van der Waals surface area contributed by atoms with Crippen molar-refractivity contribution in [2.75, 3.05) is 5.32 Å². The number of rotatable bonds is 5. The van der Waals surface area contributed by atoms with Crippen LogP contribution in [0.15, 0.2) is 53.3 Å². The number of anilines is 1. The molecule has 0 spiro atoms. The van der Waals surface area contributed by atoms with E-state index in [0.29, 0.717) is 40.8 Å². The summed E-state index contributed by atoms with van der Waals surface area (Å²) in [7, 11) is 0. The standard InChI is InChI=1S/C21H20ClN5O/c1-13-7-9-15(10-8-13)11-16-14(2)24-21-25-19(26-27(21)20(16)28)12-23-18-6-4-3-5-17(18)22/h3-10,23H,11-12H2,1-2H3,(H,24,25,26). The molecule has 0 saturated carbocycles. The summed E-state index contributed by atoms with van der Waals surface area (Å²) in [6, 6.07) is 15.6. The number of para-hydroxylation sites is 1. The highest BCUT2D eigenvalue weighted by molar-refractivity contribution is 6.33. The zero-order chi connectivity index (χ0) is 19.7. The molecule has 142 valence electrons. The third-order valence-electron chi connectivity index (χ3n) is 4.66. The van der Waals surface area contributed by atoms with Crippen molar-refractivity contribution in [1.29, 1.82) is 0 Å². The minimum atomic E-state index is -0.125. The summed E-state index contributed by atoms with van der Waals surface area (Å²) in [5.74, 6) is 0.975. The van der Waals surface area contributed by atoms with Crippen molar-refractivity contribution < 1.29 is 0 Å². The lowest BCUT2D eigenvalue weighted by molar-refractivity contribution is 0.832. The number of aryl methyl sites for hydroxylation is 2. The average molecular weight is 394 g/mol. The van der Waals surface area contributed by atoms with Gasteiger partial charge in [0.1, 0.15) is 5.82 Å². The number of H-pyrrole nitrogens is 1. The van der Waals surface area contributed by atoms with Gasteiger partial charge in [-0.1, -0.05) is 53.6 Å². The van der Waals surface area contributed by atoms with Gasteiger partial charge in [0.2, 0.25) is 0 Å². The first-order valence-electron chi connectivity index (χ1n) is 9.02. The first kappa shape index (κ1) is 18.3. The van der Waals surface area contributed by atoms with Crippen molar-refractivity contribution >= 4 is 23.1 Å². The Balaban J connectivity index is 1.62. The van der Waals surface area contributed by atoms with Crippen LogP contribution in [0.3, 0.4) is 0 Å². The molecule has 0 fully saturated rings. The SMILES string of the molecule is Cc1ccc(Cc2c(C)nc3nc(CNc4ccccc4Cl)[nH]n3c2=O)cc1. The second kappa shape index (κ2) is 7.48. The first-order valence-corrected chi connectivity index (χ1v) is 9.40. The summed E-state index contributed by atoms with van der Waals surface area (Å²) >= 11 is 6.16. The van der Waals surface area contributed by atoms with E-state index in [4.69, 9.17) is 11.6 Å². The Kier molecular flexibility index (Phi) is 4.88. The summed E-state index contributed by atoms with van der Waals surface area (Å²) in [5.41, 5.74) is 4.31. The molecule has 0 radical (unpaired) electrons. The largest absolute Gasteiger partial charge is 0.377 e. The normalized spacial score (nSPS) is 11.1. The molecule has 2 heterocycles. The highest BCUT2D eigenvalue weighted by Crippen LogP contribution is 2.20. The lowest BCUT2D eigenvalue weighted by Crippen LogP contribution is -2.22. The van der Waals surface area contributed by atoms with Crippen molar-refractivity contribution in [3.8, 4) is 0 Å². The van der Waals surface area contributed by atoms with Crippen molar-refractivity contribution in [2.45, 2.75) is 26.8 Å². The molecular weight excluding hydrogens is 374 g/mol. The number of fused-ring (bicyclic) bond motifs is 1. The Bertz CT molecular complexity index is 1190. The van der Waals surface area contributed by atoms with E-state index in [1.807, 2.05) is 62.4 Å². The molecule has 0 saturated heterocycles.